The summed E-state index contributed by atoms with van der Waals surface area (Å²) in [4.78, 5) is 15.3. The topological polar surface area (TPSA) is 89.9 Å². The Kier molecular flexibility index (Phi) is 4.92. The van der Waals surface area contributed by atoms with Crippen molar-refractivity contribution in [2.24, 2.45) is 0 Å². The third-order valence-electron chi connectivity index (χ3n) is 4.26. The first-order chi connectivity index (χ1) is 12.1. The zero-order valence-electron chi connectivity index (χ0n) is 14.1. The van der Waals surface area contributed by atoms with Gasteiger partial charge in [-0.15, -0.1) is 0 Å². The average Bonchev–Trinajstić information content (AvgIpc) is 2.65. The minimum Gasteiger partial charge on any atom is -0.496 e. The summed E-state index contributed by atoms with van der Waals surface area (Å²) in [5, 5.41) is 12.5. The number of carboxylic acids is 1. The molecule has 0 amide bonds. The number of pyridine rings is 1. The molecule has 132 valence electrons. The van der Waals surface area contributed by atoms with Gasteiger partial charge in [-0.05, 0) is 12.5 Å². The van der Waals surface area contributed by atoms with Crippen LogP contribution in [-0.4, -0.2) is 43.4 Å². The number of benzene rings is 1. The Hall–Kier alpha value is -2.96. The number of nitrogens with one attached hydrogen (secondary N) is 1. The molecule has 0 saturated carbocycles. The van der Waals surface area contributed by atoms with E-state index in [1.807, 2.05) is 12.1 Å². The van der Waals surface area contributed by atoms with Crippen molar-refractivity contribution in [3.63, 3.8) is 0 Å². The van der Waals surface area contributed by atoms with Crippen molar-refractivity contribution in [2.45, 2.75) is 12.3 Å². The first-order valence-corrected chi connectivity index (χ1v) is 7.94. The van der Waals surface area contributed by atoms with E-state index in [0.717, 1.165) is 17.7 Å². The lowest BCUT2D eigenvalue weighted by molar-refractivity contribution is 0.0697. The van der Waals surface area contributed by atoms with Crippen molar-refractivity contribution in [3.8, 4) is 17.2 Å². The maximum atomic E-state index is 11.3. The van der Waals surface area contributed by atoms with E-state index in [1.54, 1.807) is 14.2 Å². The molecular weight excluding hydrogens is 324 g/mol. The van der Waals surface area contributed by atoms with Gasteiger partial charge in [-0.3, -0.25) is 4.98 Å². The van der Waals surface area contributed by atoms with E-state index in [9.17, 15) is 9.90 Å². The van der Waals surface area contributed by atoms with Gasteiger partial charge in [0.25, 0.3) is 0 Å². The van der Waals surface area contributed by atoms with Gasteiger partial charge in [0.15, 0.2) is 0 Å². The second-order valence-corrected chi connectivity index (χ2v) is 5.68. The fourth-order valence-electron chi connectivity index (χ4n) is 3.00. The predicted octanol–water partition coefficient (Wildman–Crippen LogP) is 2.78. The summed E-state index contributed by atoms with van der Waals surface area (Å²) in [6.45, 7) is 1.12. The molecule has 1 aliphatic heterocycles. The number of rotatable bonds is 6. The predicted molar refractivity (Wildman–Crippen MR) is 92.1 cm³/mol. The number of carboxylic acid groups (broad SMARTS) is 1. The zero-order valence-corrected chi connectivity index (χ0v) is 14.1. The van der Waals surface area contributed by atoms with E-state index in [2.05, 4.69) is 10.3 Å². The Labute approximate surface area is 145 Å². The third kappa shape index (κ3) is 3.45. The van der Waals surface area contributed by atoms with E-state index in [1.165, 1.54) is 18.5 Å². The molecule has 7 heteroatoms. The molecule has 0 aliphatic carbocycles. The van der Waals surface area contributed by atoms with Crippen LogP contribution < -0.4 is 19.5 Å². The normalized spacial score (nSPS) is 15.7. The maximum absolute atomic E-state index is 11.3. The van der Waals surface area contributed by atoms with Crippen molar-refractivity contribution in [1.29, 1.82) is 0 Å². The van der Waals surface area contributed by atoms with Gasteiger partial charge in [0.1, 0.15) is 17.2 Å². The minimum absolute atomic E-state index is 0.117. The first kappa shape index (κ1) is 16.9. The zero-order chi connectivity index (χ0) is 17.8. The average molecular weight is 344 g/mol. The number of carbonyl (C=O) groups is 1. The van der Waals surface area contributed by atoms with Crippen LogP contribution in [-0.2, 0) is 0 Å². The molecule has 0 spiro atoms. The number of fused-ring (bicyclic) bond motifs is 1. The lowest BCUT2D eigenvalue weighted by Crippen LogP contribution is -2.22. The van der Waals surface area contributed by atoms with Crippen molar-refractivity contribution >= 4 is 11.7 Å². The lowest BCUT2D eigenvalue weighted by Gasteiger charge is -2.28. The van der Waals surface area contributed by atoms with Crippen LogP contribution in [0.25, 0.3) is 0 Å². The third-order valence-corrected chi connectivity index (χ3v) is 4.26. The molecule has 0 radical (unpaired) electrons. The SMILES string of the molecule is COc1cc(OC)c2c(c1)OCCC2CNc1cnccc1C(=O)O. The van der Waals surface area contributed by atoms with Gasteiger partial charge < -0.3 is 24.6 Å². The highest BCUT2D eigenvalue weighted by Gasteiger charge is 2.27. The summed E-state index contributed by atoms with van der Waals surface area (Å²) in [7, 11) is 3.21. The van der Waals surface area contributed by atoms with Crippen LogP contribution in [0.15, 0.2) is 30.6 Å². The molecule has 2 heterocycles. The summed E-state index contributed by atoms with van der Waals surface area (Å²) < 4.78 is 16.5. The molecule has 2 aromatic rings. The molecule has 0 fully saturated rings. The molecular formula is C18H20N2O5. The smallest absolute Gasteiger partial charge is 0.337 e. The first-order valence-electron chi connectivity index (χ1n) is 7.94. The second-order valence-electron chi connectivity index (χ2n) is 5.68. The Balaban J connectivity index is 1.86. The van der Waals surface area contributed by atoms with E-state index in [-0.39, 0.29) is 11.5 Å². The van der Waals surface area contributed by atoms with Crippen LogP contribution in [0.2, 0.25) is 0 Å². The molecule has 25 heavy (non-hydrogen) atoms. The molecule has 1 aliphatic rings. The van der Waals surface area contributed by atoms with Gasteiger partial charge >= 0.3 is 5.97 Å². The molecule has 1 atom stereocenters. The highest BCUT2D eigenvalue weighted by molar-refractivity contribution is 5.93. The van der Waals surface area contributed by atoms with Gasteiger partial charge in [0, 0.05) is 36.4 Å². The van der Waals surface area contributed by atoms with Gasteiger partial charge in [-0.1, -0.05) is 0 Å². The van der Waals surface area contributed by atoms with Gasteiger partial charge in [0.05, 0.1) is 38.3 Å². The largest absolute Gasteiger partial charge is 0.496 e. The van der Waals surface area contributed by atoms with Crippen molar-refractivity contribution in [2.75, 3.05) is 32.7 Å². The monoisotopic (exact) mass is 344 g/mol. The Morgan fingerprint density at radius 2 is 2.24 bits per heavy atom. The van der Waals surface area contributed by atoms with Crippen LogP contribution in [0.1, 0.15) is 28.3 Å². The summed E-state index contributed by atoms with van der Waals surface area (Å²) in [5.41, 5.74) is 1.65. The van der Waals surface area contributed by atoms with Gasteiger partial charge in [-0.25, -0.2) is 4.79 Å². The molecule has 1 aromatic heterocycles. The van der Waals surface area contributed by atoms with Gasteiger partial charge in [0.2, 0.25) is 0 Å². The highest BCUT2D eigenvalue weighted by atomic mass is 16.5. The van der Waals surface area contributed by atoms with E-state index in [4.69, 9.17) is 14.2 Å². The van der Waals surface area contributed by atoms with Gasteiger partial charge in [-0.2, -0.15) is 0 Å². The fourth-order valence-corrected chi connectivity index (χ4v) is 3.00. The quantitative estimate of drug-likeness (QED) is 0.833. The molecule has 3 rings (SSSR count). The van der Waals surface area contributed by atoms with Crippen LogP contribution in [0.3, 0.4) is 0 Å². The Bertz CT molecular complexity index is 761. The molecule has 0 saturated heterocycles. The highest BCUT2D eigenvalue weighted by Crippen LogP contribution is 2.43. The number of anilines is 1. The van der Waals surface area contributed by atoms with Crippen LogP contribution in [0, 0.1) is 0 Å². The van der Waals surface area contributed by atoms with Crippen LogP contribution in [0.5, 0.6) is 17.2 Å². The number of methoxy groups -OCH3 is 2. The minimum atomic E-state index is -0.986. The number of aromatic carboxylic acids is 1. The Morgan fingerprint density at radius 1 is 1.40 bits per heavy atom. The summed E-state index contributed by atoms with van der Waals surface area (Å²) >= 11 is 0. The fraction of sp³-hybridized carbons (Fsp3) is 0.333. The van der Waals surface area contributed by atoms with Crippen molar-refractivity contribution in [1.82, 2.24) is 4.98 Å². The van der Waals surface area contributed by atoms with E-state index < -0.39 is 5.97 Å². The molecule has 1 aromatic carbocycles. The van der Waals surface area contributed by atoms with E-state index >= 15 is 0 Å². The second kappa shape index (κ2) is 7.29. The number of ether oxygens (including phenoxy) is 3. The van der Waals surface area contributed by atoms with Crippen LogP contribution >= 0.6 is 0 Å². The lowest BCUT2D eigenvalue weighted by atomic mass is 9.91. The standard InChI is InChI=1S/C18H20N2O5/c1-23-12-7-15(24-2)17-11(4-6-25-16(17)8-12)9-20-14-10-19-5-3-13(14)18(21)22/h3,5,7-8,10-11,20H,4,6,9H2,1-2H3,(H,21,22). The summed E-state index contributed by atoms with van der Waals surface area (Å²) in [5.74, 6) is 1.24. The molecule has 1 unspecified atom stereocenters. The van der Waals surface area contributed by atoms with Crippen molar-refractivity contribution in [3.05, 3.63) is 41.7 Å². The summed E-state index contributed by atoms with van der Waals surface area (Å²) in [6.07, 6.45) is 3.79. The molecule has 7 nitrogen and oxygen atoms in total. The maximum Gasteiger partial charge on any atom is 0.337 e. The van der Waals surface area contributed by atoms with Crippen LogP contribution in [0.4, 0.5) is 5.69 Å². The number of aromatic nitrogens is 1. The van der Waals surface area contributed by atoms with E-state index in [0.29, 0.717) is 30.3 Å². The number of nitrogens with zero attached hydrogens (tertiary/aromatic N) is 1. The molecule has 2 N–H and O–H groups in total. The number of hydrogen-bond donors (Lipinski definition) is 2. The van der Waals surface area contributed by atoms with Crippen molar-refractivity contribution < 1.29 is 24.1 Å². The molecule has 0 bridgehead atoms. The summed E-state index contributed by atoms with van der Waals surface area (Å²) in [6, 6.07) is 5.15. The number of hydrogen-bond acceptors (Lipinski definition) is 6. The Morgan fingerprint density at radius 3 is 2.96 bits per heavy atom.